The third-order valence-corrected chi connectivity index (χ3v) is 1.99. The van der Waals surface area contributed by atoms with Crippen molar-refractivity contribution in [3.63, 3.8) is 0 Å². The molecule has 2 heteroatoms. The number of hydrogen-bond acceptors (Lipinski definition) is 2. The molecule has 0 N–H and O–H groups in total. The van der Waals surface area contributed by atoms with Crippen molar-refractivity contribution in [1.29, 1.82) is 0 Å². The molecule has 0 bridgehead atoms. The van der Waals surface area contributed by atoms with Crippen LogP contribution in [-0.4, -0.2) is 12.6 Å². The lowest BCUT2D eigenvalue weighted by molar-refractivity contribution is 0.0525. The van der Waals surface area contributed by atoms with E-state index in [1.165, 1.54) is 0 Å². The van der Waals surface area contributed by atoms with Gasteiger partial charge in [0.15, 0.2) is 0 Å². The van der Waals surface area contributed by atoms with E-state index in [0.717, 1.165) is 11.1 Å². The van der Waals surface area contributed by atoms with Crippen LogP contribution in [0.5, 0.6) is 0 Å². The minimum absolute atomic E-state index is 0.270. The van der Waals surface area contributed by atoms with Crippen LogP contribution >= 0.6 is 0 Å². The molecule has 1 aromatic rings. The highest BCUT2D eigenvalue weighted by atomic mass is 16.5. The van der Waals surface area contributed by atoms with Gasteiger partial charge in [-0.25, -0.2) is 4.79 Å². The summed E-state index contributed by atoms with van der Waals surface area (Å²) in [5.74, 6) is -0.270. The third kappa shape index (κ3) is 2.22. The van der Waals surface area contributed by atoms with Crippen molar-refractivity contribution < 1.29 is 9.53 Å². The van der Waals surface area contributed by atoms with E-state index >= 15 is 0 Å². The maximum atomic E-state index is 11.5. The number of aryl methyl sites for hydroxylation is 1. The van der Waals surface area contributed by atoms with Crippen LogP contribution < -0.4 is 0 Å². The van der Waals surface area contributed by atoms with Gasteiger partial charge in [0, 0.05) is 0 Å². The van der Waals surface area contributed by atoms with Crippen molar-refractivity contribution in [2.24, 2.45) is 0 Å². The maximum absolute atomic E-state index is 11.5. The molecule has 0 saturated heterocycles. The molecular formula is C12H14O2. The van der Waals surface area contributed by atoms with Crippen molar-refractivity contribution >= 4 is 12.0 Å². The van der Waals surface area contributed by atoms with Gasteiger partial charge < -0.3 is 4.74 Å². The number of carbonyl (C=O) groups excluding carboxylic acids is 1. The molecule has 2 nitrogen and oxygen atoms in total. The van der Waals surface area contributed by atoms with Gasteiger partial charge in [-0.1, -0.05) is 24.8 Å². The second-order valence-electron chi connectivity index (χ2n) is 3.00. The fourth-order valence-corrected chi connectivity index (χ4v) is 1.20. The van der Waals surface area contributed by atoms with E-state index in [-0.39, 0.29) is 5.97 Å². The van der Waals surface area contributed by atoms with Crippen LogP contribution in [0.1, 0.15) is 28.4 Å². The maximum Gasteiger partial charge on any atom is 0.338 e. The van der Waals surface area contributed by atoms with Crippen LogP contribution in [0.3, 0.4) is 0 Å². The predicted molar refractivity (Wildman–Crippen MR) is 57.2 cm³/mol. The van der Waals surface area contributed by atoms with E-state index < -0.39 is 0 Å². The molecule has 0 aliphatic heterocycles. The molecule has 0 spiro atoms. The lowest BCUT2D eigenvalue weighted by atomic mass is 10.1. The smallest absolute Gasteiger partial charge is 0.338 e. The molecule has 0 atom stereocenters. The van der Waals surface area contributed by atoms with Crippen molar-refractivity contribution in [2.75, 3.05) is 6.61 Å². The zero-order valence-corrected chi connectivity index (χ0v) is 8.54. The van der Waals surface area contributed by atoms with Gasteiger partial charge in [0.25, 0.3) is 0 Å². The van der Waals surface area contributed by atoms with Gasteiger partial charge in [-0.15, -0.1) is 0 Å². The number of esters is 1. The largest absolute Gasteiger partial charge is 0.462 e. The Bertz CT molecular complexity index is 353. The van der Waals surface area contributed by atoms with E-state index in [4.69, 9.17) is 4.74 Å². The number of carbonyl (C=O) groups is 1. The van der Waals surface area contributed by atoms with E-state index in [2.05, 4.69) is 6.58 Å². The average Bonchev–Trinajstić information content (AvgIpc) is 2.19. The predicted octanol–water partition coefficient (Wildman–Crippen LogP) is 2.81. The average molecular weight is 190 g/mol. The van der Waals surface area contributed by atoms with Crippen molar-refractivity contribution in [3.8, 4) is 0 Å². The number of hydrogen-bond donors (Lipinski definition) is 0. The van der Waals surface area contributed by atoms with Crippen LogP contribution in [0.25, 0.3) is 6.08 Å². The Kier molecular flexibility index (Phi) is 3.46. The third-order valence-electron chi connectivity index (χ3n) is 1.99. The Labute approximate surface area is 84.2 Å². The summed E-state index contributed by atoms with van der Waals surface area (Å²) >= 11 is 0. The quantitative estimate of drug-likeness (QED) is 0.685. The fraction of sp³-hybridized carbons (Fsp3) is 0.250. The Morgan fingerprint density at radius 3 is 2.86 bits per heavy atom. The second kappa shape index (κ2) is 4.61. The SMILES string of the molecule is C=Cc1ccc(C)c(C(=O)OCC)c1. The fourth-order valence-electron chi connectivity index (χ4n) is 1.20. The molecule has 0 aliphatic carbocycles. The number of rotatable bonds is 3. The molecule has 0 heterocycles. The van der Waals surface area contributed by atoms with Crippen LogP contribution in [-0.2, 0) is 4.74 Å². The van der Waals surface area contributed by atoms with Gasteiger partial charge >= 0.3 is 5.97 Å². The highest BCUT2D eigenvalue weighted by Gasteiger charge is 2.09. The van der Waals surface area contributed by atoms with Crippen molar-refractivity contribution in [1.82, 2.24) is 0 Å². The summed E-state index contributed by atoms with van der Waals surface area (Å²) in [5, 5.41) is 0. The first-order valence-corrected chi connectivity index (χ1v) is 4.59. The van der Waals surface area contributed by atoms with E-state index in [0.29, 0.717) is 12.2 Å². The lowest BCUT2D eigenvalue weighted by Gasteiger charge is -2.05. The molecule has 0 radical (unpaired) electrons. The summed E-state index contributed by atoms with van der Waals surface area (Å²) < 4.78 is 4.94. The van der Waals surface area contributed by atoms with Crippen molar-refractivity contribution in [3.05, 3.63) is 41.5 Å². The van der Waals surface area contributed by atoms with Gasteiger partial charge in [0.05, 0.1) is 12.2 Å². The first-order chi connectivity index (χ1) is 6.69. The Balaban J connectivity index is 3.05. The van der Waals surface area contributed by atoms with E-state index in [1.54, 1.807) is 19.1 Å². The van der Waals surface area contributed by atoms with Gasteiger partial charge in [-0.05, 0) is 31.0 Å². The molecule has 0 aliphatic rings. The van der Waals surface area contributed by atoms with E-state index in [9.17, 15) is 4.79 Å². The molecule has 0 fully saturated rings. The van der Waals surface area contributed by atoms with Crippen molar-refractivity contribution in [2.45, 2.75) is 13.8 Å². The monoisotopic (exact) mass is 190 g/mol. The summed E-state index contributed by atoms with van der Waals surface area (Å²) in [7, 11) is 0. The molecular weight excluding hydrogens is 176 g/mol. The van der Waals surface area contributed by atoms with Gasteiger partial charge in [0.1, 0.15) is 0 Å². The molecule has 14 heavy (non-hydrogen) atoms. The first kappa shape index (κ1) is 10.5. The van der Waals surface area contributed by atoms with Gasteiger partial charge in [-0.2, -0.15) is 0 Å². The van der Waals surface area contributed by atoms with Gasteiger partial charge in [0.2, 0.25) is 0 Å². The van der Waals surface area contributed by atoms with Gasteiger partial charge in [-0.3, -0.25) is 0 Å². The number of ether oxygens (including phenoxy) is 1. The topological polar surface area (TPSA) is 26.3 Å². The Morgan fingerprint density at radius 2 is 2.29 bits per heavy atom. The lowest BCUT2D eigenvalue weighted by Crippen LogP contribution is -2.06. The second-order valence-corrected chi connectivity index (χ2v) is 3.00. The minimum atomic E-state index is -0.270. The van der Waals surface area contributed by atoms with Crippen LogP contribution in [0.4, 0.5) is 0 Å². The Morgan fingerprint density at radius 1 is 1.57 bits per heavy atom. The molecule has 1 rings (SSSR count). The first-order valence-electron chi connectivity index (χ1n) is 4.59. The summed E-state index contributed by atoms with van der Waals surface area (Å²) in [6, 6.07) is 5.61. The summed E-state index contributed by atoms with van der Waals surface area (Å²) in [6.45, 7) is 7.74. The molecule has 1 aromatic carbocycles. The summed E-state index contributed by atoms with van der Waals surface area (Å²) in [6.07, 6.45) is 1.71. The molecule has 0 aromatic heterocycles. The highest BCUT2D eigenvalue weighted by molar-refractivity contribution is 5.91. The zero-order chi connectivity index (χ0) is 10.6. The summed E-state index contributed by atoms with van der Waals surface area (Å²) in [4.78, 5) is 11.5. The van der Waals surface area contributed by atoms with E-state index in [1.807, 2.05) is 19.1 Å². The minimum Gasteiger partial charge on any atom is -0.462 e. The normalized spacial score (nSPS) is 9.57. The van der Waals surface area contributed by atoms with Crippen LogP contribution in [0, 0.1) is 6.92 Å². The Hall–Kier alpha value is -1.57. The summed E-state index contributed by atoms with van der Waals surface area (Å²) in [5.41, 5.74) is 2.47. The molecule has 0 unspecified atom stereocenters. The molecule has 0 saturated carbocycles. The van der Waals surface area contributed by atoms with Crippen LogP contribution in [0.2, 0.25) is 0 Å². The highest BCUT2D eigenvalue weighted by Crippen LogP contribution is 2.13. The molecule has 74 valence electrons. The number of benzene rings is 1. The molecule has 0 amide bonds. The van der Waals surface area contributed by atoms with Crippen LogP contribution in [0.15, 0.2) is 24.8 Å². The zero-order valence-electron chi connectivity index (χ0n) is 8.54. The standard InChI is InChI=1S/C12H14O2/c1-4-10-7-6-9(3)11(8-10)12(13)14-5-2/h4,6-8H,1,5H2,2-3H3.